The second kappa shape index (κ2) is 10.7. The summed E-state index contributed by atoms with van der Waals surface area (Å²) in [6.07, 6.45) is 7.29. The quantitative estimate of drug-likeness (QED) is 0.451. The Bertz CT molecular complexity index is 945. The first-order chi connectivity index (χ1) is 14.2. The van der Waals surface area contributed by atoms with Crippen LogP contribution in [0.1, 0.15) is 30.4 Å². The lowest BCUT2D eigenvalue weighted by Gasteiger charge is -2.26. The molecule has 0 saturated heterocycles. The molecule has 2 aromatic carbocycles. The molecule has 0 spiro atoms. The molecule has 2 heterocycles. The molecule has 1 aliphatic heterocycles. The van der Waals surface area contributed by atoms with Gasteiger partial charge in [0, 0.05) is 22.7 Å². The number of ether oxygens (including phenoxy) is 2. The highest BCUT2D eigenvalue weighted by atomic mass is 35.5. The molecule has 1 unspecified atom stereocenters. The average Bonchev–Trinajstić information content (AvgIpc) is 3.14. The minimum Gasteiger partial charge on any atom is -0.496 e. The molecule has 2 N–H and O–H groups in total. The number of rotatable bonds is 9. The van der Waals surface area contributed by atoms with E-state index in [4.69, 9.17) is 9.47 Å². The number of benzene rings is 2. The maximum absolute atomic E-state index is 13.5. The zero-order chi connectivity index (χ0) is 20.1. The molecule has 0 amide bonds. The molecular weight excluding hydrogens is 403 g/mol. The van der Waals surface area contributed by atoms with Crippen LogP contribution in [0.3, 0.4) is 0 Å². The van der Waals surface area contributed by atoms with Gasteiger partial charge in [-0.05, 0) is 87.0 Å². The van der Waals surface area contributed by atoms with Gasteiger partial charge >= 0.3 is 0 Å². The summed E-state index contributed by atoms with van der Waals surface area (Å²) < 4.78 is 24.9. The second-order valence-corrected chi connectivity index (χ2v) is 7.82. The normalized spacial score (nSPS) is 15.3. The molecule has 0 bridgehead atoms. The van der Waals surface area contributed by atoms with Gasteiger partial charge in [-0.2, -0.15) is 0 Å². The van der Waals surface area contributed by atoms with Crippen molar-refractivity contribution in [3.63, 3.8) is 0 Å². The van der Waals surface area contributed by atoms with E-state index < -0.39 is 0 Å². The fourth-order valence-electron chi connectivity index (χ4n) is 4.22. The third kappa shape index (κ3) is 5.27. The third-order valence-electron chi connectivity index (χ3n) is 5.77. The van der Waals surface area contributed by atoms with Crippen molar-refractivity contribution in [2.24, 2.45) is 5.92 Å². The van der Waals surface area contributed by atoms with E-state index in [1.54, 1.807) is 19.2 Å². The van der Waals surface area contributed by atoms with Crippen LogP contribution in [-0.4, -0.2) is 31.8 Å². The van der Waals surface area contributed by atoms with Crippen LogP contribution in [0.4, 0.5) is 4.39 Å². The lowest BCUT2D eigenvalue weighted by molar-refractivity contribution is 0.208. The number of fused-ring (bicyclic) bond motifs is 2. The van der Waals surface area contributed by atoms with E-state index in [1.165, 1.54) is 17.2 Å². The molecular formula is C24H30ClFN2O2. The van der Waals surface area contributed by atoms with E-state index in [2.05, 4.69) is 10.3 Å². The fraction of sp³-hybridized carbons (Fsp3) is 0.417. The van der Waals surface area contributed by atoms with Crippen LogP contribution in [-0.2, 0) is 12.8 Å². The van der Waals surface area contributed by atoms with Gasteiger partial charge in [0.2, 0.25) is 0 Å². The first-order valence-electron chi connectivity index (χ1n) is 10.5. The van der Waals surface area contributed by atoms with E-state index in [0.29, 0.717) is 5.92 Å². The Hall–Kier alpha value is -2.24. The summed E-state index contributed by atoms with van der Waals surface area (Å²) in [4.78, 5) is 3.22. The summed E-state index contributed by atoms with van der Waals surface area (Å²) in [7, 11) is 1.72. The van der Waals surface area contributed by atoms with Crippen LogP contribution in [0.15, 0.2) is 42.6 Å². The van der Waals surface area contributed by atoms with Crippen molar-refractivity contribution in [1.29, 1.82) is 0 Å². The number of halogens is 2. The monoisotopic (exact) mass is 432 g/mol. The summed E-state index contributed by atoms with van der Waals surface area (Å²) in [6, 6.07) is 10.9. The molecule has 162 valence electrons. The Morgan fingerprint density at radius 3 is 2.93 bits per heavy atom. The Kier molecular flexibility index (Phi) is 8.00. The Morgan fingerprint density at radius 2 is 2.07 bits per heavy atom. The van der Waals surface area contributed by atoms with Crippen LogP contribution >= 0.6 is 12.4 Å². The van der Waals surface area contributed by atoms with Crippen LogP contribution in [0.5, 0.6) is 11.5 Å². The number of aromatic nitrogens is 1. The molecule has 4 rings (SSSR count). The number of aromatic amines is 1. The maximum Gasteiger partial charge on any atom is 0.126 e. The highest BCUT2D eigenvalue weighted by molar-refractivity contribution is 5.85. The predicted octanol–water partition coefficient (Wildman–Crippen LogP) is 5.29. The fourth-order valence-corrected chi connectivity index (χ4v) is 4.22. The first-order valence-corrected chi connectivity index (χ1v) is 10.5. The summed E-state index contributed by atoms with van der Waals surface area (Å²) in [5.41, 5.74) is 3.39. The number of H-pyrrole nitrogens is 1. The average molecular weight is 433 g/mol. The van der Waals surface area contributed by atoms with E-state index in [-0.39, 0.29) is 18.2 Å². The van der Waals surface area contributed by atoms with E-state index in [1.807, 2.05) is 24.4 Å². The second-order valence-electron chi connectivity index (χ2n) is 7.82. The lowest BCUT2D eigenvalue weighted by atomic mass is 9.92. The van der Waals surface area contributed by atoms with Crippen LogP contribution in [0, 0.1) is 11.7 Å². The van der Waals surface area contributed by atoms with Gasteiger partial charge in [-0.15, -0.1) is 12.4 Å². The number of hydrogen-bond acceptors (Lipinski definition) is 3. The van der Waals surface area contributed by atoms with Gasteiger partial charge < -0.3 is 19.8 Å². The van der Waals surface area contributed by atoms with Gasteiger partial charge in [0.05, 0.1) is 13.7 Å². The lowest BCUT2D eigenvalue weighted by Crippen LogP contribution is -2.23. The molecule has 0 radical (unpaired) electrons. The van der Waals surface area contributed by atoms with Gasteiger partial charge in [0.15, 0.2) is 0 Å². The topological polar surface area (TPSA) is 46.3 Å². The molecule has 30 heavy (non-hydrogen) atoms. The summed E-state index contributed by atoms with van der Waals surface area (Å²) in [5.74, 6) is 2.27. The minimum absolute atomic E-state index is 0. The predicted molar refractivity (Wildman–Crippen MR) is 122 cm³/mol. The van der Waals surface area contributed by atoms with Crippen molar-refractivity contribution in [1.82, 2.24) is 10.3 Å². The first kappa shape index (κ1) is 22.4. The van der Waals surface area contributed by atoms with Crippen molar-refractivity contribution in [2.45, 2.75) is 32.1 Å². The highest BCUT2D eigenvalue weighted by Crippen LogP contribution is 2.35. The summed E-state index contributed by atoms with van der Waals surface area (Å²) in [6.45, 7) is 2.77. The van der Waals surface area contributed by atoms with Gasteiger partial charge in [-0.25, -0.2) is 4.39 Å². The molecule has 1 atom stereocenters. The number of aryl methyl sites for hydroxylation is 1. The number of hydrogen-bond donors (Lipinski definition) is 2. The van der Waals surface area contributed by atoms with E-state index in [0.717, 1.165) is 74.2 Å². The van der Waals surface area contributed by atoms with E-state index >= 15 is 0 Å². The van der Waals surface area contributed by atoms with Crippen molar-refractivity contribution in [3.05, 3.63) is 59.5 Å². The smallest absolute Gasteiger partial charge is 0.126 e. The van der Waals surface area contributed by atoms with E-state index in [9.17, 15) is 4.39 Å². The van der Waals surface area contributed by atoms with Crippen LogP contribution in [0.25, 0.3) is 10.9 Å². The Morgan fingerprint density at radius 1 is 1.20 bits per heavy atom. The molecule has 1 aromatic heterocycles. The molecule has 4 nitrogen and oxygen atoms in total. The third-order valence-corrected chi connectivity index (χ3v) is 5.77. The zero-order valence-corrected chi connectivity index (χ0v) is 18.2. The van der Waals surface area contributed by atoms with Crippen LogP contribution < -0.4 is 14.8 Å². The van der Waals surface area contributed by atoms with Gasteiger partial charge in [0.1, 0.15) is 17.3 Å². The van der Waals surface area contributed by atoms with Gasteiger partial charge in [0.25, 0.3) is 0 Å². The largest absolute Gasteiger partial charge is 0.496 e. The highest BCUT2D eigenvalue weighted by Gasteiger charge is 2.22. The molecule has 0 saturated carbocycles. The number of nitrogens with one attached hydrogen (secondary N) is 2. The molecule has 6 heteroatoms. The van der Waals surface area contributed by atoms with Crippen LogP contribution in [0.2, 0.25) is 0 Å². The summed E-state index contributed by atoms with van der Waals surface area (Å²) >= 11 is 0. The Labute approximate surface area is 183 Å². The summed E-state index contributed by atoms with van der Waals surface area (Å²) in [5, 5.41) is 4.54. The molecule has 0 fully saturated rings. The van der Waals surface area contributed by atoms with Crippen molar-refractivity contribution < 1.29 is 13.9 Å². The van der Waals surface area contributed by atoms with Crippen molar-refractivity contribution >= 4 is 23.3 Å². The van der Waals surface area contributed by atoms with Gasteiger partial charge in [-0.1, -0.05) is 6.07 Å². The van der Waals surface area contributed by atoms with Crippen molar-refractivity contribution in [3.8, 4) is 11.5 Å². The minimum atomic E-state index is -0.177. The van der Waals surface area contributed by atoms with Crippen molar-refractivity contribution in [2.75, 3.05) is 26.8 Å². The maximum atomic E-state index is 13.5. The molecule has 1 aliphatic rings. The standard InChI is InChI=1S/C24H29FN2O2.ClH/c1-28-23-7-2-8-24-21(23)13-17(16-29-24)5-3-11-26-12-4-6-18-15-27-22-10-9-19(25)14-20(18)22;/h2,7-10,14-15,17,26-27H,3-6,11-13,16H2,1H3;1H. The van der Waals surface area contributed by atoms with Gasteiger partial charge in [-0.3, -0.25) is 0 Å². The molecule has 3 aromatic rings. The number of methoxy groups -OCH3 is 1. The SMILES string of the molecule is COc1cccc2c1CC(CCCNCCCc1c[nH]c3ccc(F)cc13)CO2.Cl. The molecule has 0 aliphatic carbocycles. The Balaban J connectivity index is 0.00000256. The zero-order valence-electron chi connectivity index (χ0n) is 17.4.